The molecule has 9 nitrogen and oxygen atoms in total. The van der Waals surface area contributed by atoms with Crippen molar-refractivity contribution < 1.29 is 4.74 Å². The molecule has 4 aromatic rings. The number of ether oxygens (including phenoxy) is 1. The van der Waals surface area contributed by atoms with Crippen LogP contribution in [0.3, 0.4) is 0 Å². The monoisotopic (exact) mass is 564 g/mol. The summed E-state index contributed by atoms with van der Waals surface area (Å²) in [6.07, 6.45) is 8.34. The van der Waals surface area contributed by atoms with Gasteiger partial charge in [0.15, 0.2) is 0 Å². The summed E-state index contributed by atoms with van der Waals surface area (Å²) in [5.74, 6) is 1.80. The molecular weight excluding hydrogens is 524 g/mol. The van der Waals surface area contributed by atoms with Gasteiger partial charge < -0.3 is 19.9 Å². The fourth-order valence-corrected chi connectivity index (χ4v) is 6.58. The van der Waals surface area contributed by atoms with E-state index in [1.165, 1.54) is 37.2 Å². The van der Waals surface area contributed by atoms with Gasteiger partial charge >= 0.3 is 0 Å². The van der Waals surface area contributed by atoms with Crippen molar-refractivity contribution in [3.05, 3.63) is 72.8 Å². The molecule has 9 heteroatoms. The van der Waals surface area contributed by atoms with Gasteiger partial charge in [0, 0.05) is 79.8 Å². The number of fused-ring (bicyclic) bond motifs is 1. The molecule has 0 amide bonds. The largest absolute Gasteiger partial charge is 0.379 e. The molecule has 1 aromatic carbocycles. The van der Waals surface area contributed by atoms with Crippen molar-refractivity contribution in [3.8, 4) is 11.1 Å². The minimum absolute atomic E-state index is 0.465. The number of morpholine rings is 1. The molecular formula is C33H40N8O. The maximum Gasteiger partial charge on any atom is 0.130 e. The molecule has 0 atom stereocenters. The Balaban J connectivity index is 1.06. The van der Waals surface area contributed by atoms with Gasteiger partial charge in [-0.15, -0.1) is 0 Å². The molecule has 3 fully saturated rings. The van der Waals surface area contributed by atoms with E-state index < -0.39 is 0 Å². The van der Waals surface area contributed by atoms with Crippen molar-refractivity contribution in [1.82, 2.24) is 29.5 Å². The van der Waals surface area contributed by atoms with Crippen molar-refractivity contribution in [2.24, 2.45) is 12.5 Å². The maximum absolute atomic E-state index is 5.54. The van der Waals surface area contributed by atoms with Gasteiger partial charge in [0.1, 0.15) is 11.6 Å². The number of nitrogens with one attached hydrogen (secondary N) is 1. The van der Waals surface area contributed by atoms with Gasteiger partial charge in [-0.2, -0.15) is 5.10 Å². The molecule has 3 aliphatic heterocycles. The van der Waals surface area contributed by atoms with Crippen LogP contribution in [0.4, 0.5) is 11.6 Å². The summed E-state index contributed by atoms with van der Waals surface area (Å²) in [5.41, 5.74) is 5.85. The molecule has 3 aromatic heterocycles. The average Bonchev–Trinajstić information content (AvgIpc) is 3.36. The molecule has 3 aliphatic rings. The van der Waals surface area contributed by atoms with Crippen LogP contribution in [0.2, 0.25) is 0 Å². The summed E-state index contributed by atoms with van der Waals surface area (Å²) in [5, 5.41) is 10.3. The number of anilines is 2. The third kappa shape index (κ3) is 5.40. The Hall–Kier alpha value is -3.79. The van der Waals surface area contributed by atoms with Crippen LogP contribution in [0.1, 0.15) is 24.1 Å². The second-order valence-electron chi connectivity index (χ2n) is 12.3. The normalized spacial score (nSPS) is 19.2. The fourth-order valence-electron chi connectivity index (χ4n) is 6.58. The third-order valence-corrected chi connectivity index (χ3v) is 9.37. The van der Waals surface area contributed by atoms with Crippen LogP contribution in [-0.2, 0) is 18.3 Å². The molecule has 0 aliphatic carbocycles. The predicted octanol–water partition coefficient (Wildman–Crippen LogP) is 4.48. The Kier molecular flexibility index (Phi) is 7.17. The van der Waals surface area contributed by atoms with Gasteiger partial charge in [0.2, 0.25) is 0 Å². The highest BCUT2D eigenvalue weighted by molar-refractivity contribution is 5.90. The highest BCUT2D eigenvalue weighted by Gasteiger charge is 2.44. The van der Waals surface area contributed by atoms with Crippen molar-refractivity contribution >= 4 is 28.1 Å². The van der Waals surface area contributed by atoms with Crippen molar-refractivity contribution in [2.45, 2.75) is 19.4 Å². The van der Waals surface area contributed by atoms with Crippen LogP contribution >= 0.6 is 0 Å². The van der Waals surface area contributed by atoms with E-state index in [9.17, 15) is 0 Å². The SMILES string of the molecule is C=C(Nc1cc2cc(-c3cnn(C)c3CN3CCOCC3)ccc2cn1)c1ccnc(N2CC3(CCN(C)CC3)C2)c1. The van der Waals surface area contributed by atoms with Gasteiger partial charge in [-0.3, -0.25) is 9.58 Å². The van der Waals surface area contributed by atoms with Crippen molar-refractivity contribution in [1.29, 1.82) is 0 Å². The van der Waals surface area contributed by atoms with Crippen LogP contribution in [0.15, 0.2) is 61.6 Å². The Morgan fingerprint density at radius 3 is 2.57 bits per heavy atom. The van der Waals surface area contributed by atoms with Crippen molar-refractivity contribution in [2.75, 3.05) is 69.7 Å². The van der Waals surface area contributed by atoms with Gasteiger partial charge in [-0.25, -0.2) is 9.97 Å². The smallest absolute Gasteiger partial charge is 0.130 e. The molecule has 1 spiro atoms. The number of likely N-dealkylation sites (tertiary alicyclic amines) is 1. The minimum atomic E-state index is 0.465. The van der Waals surface area contributed by atoms with E-state index in [4.69, 9.17) is 4.74 Å². The molecule has 0 saturated carbocycles. The second kappa shape index (κ2) is 11.1. The lowest BCUT2D eigenvalue weighted by molar-refractivity contribution is 0.0332. The van der Waals surface area contributed by atoms with E-state index in [0.717, 1.165) is 85.2 Å². The Bertz CT molecular complexity index is 1590. The molecule has 218 valence electrons. The maximum atomic E-state index is 5.54. The zero-order valence-electron chi connectivity index (χ0n) is 24.7. The van der Waals surface area contributed by atoms with Crippen LogP contribution < -0.4 is 10.2 Å². The Morgan fingerprint density at radius 2 is 1.76 bits per heavy atom. The molecule has 0 unspecified atom stereocenters. The first-order chi connectivity index (χ1) is 20.4. The number of aryl methyl sites for hydroxylation is 1. The molecule has 0 radical (unpaired) electrons. The van der Waals surface area contributed by atoms with E-state index >= 15 is 0 Å². The fraction of sp³-hybridized carbons (Fsp3) is 0.424. The quantitative estimate of drug-likeness (QED) is 0.352. The first-order valence-electron chi connectivity index (χ1n) is 15.0. The van der Waals surface area contributed by atoms with E-state index in [0.29, 0.717) is 5.41 Å². The van der Waals surface area contributed by atoms with E-state index in [2.05, 4.69) is 79.0 Å². The molecule has 1 N–H and O–H groups in total. The van der Waals surface area contributed by atoms with Gasteiger partial charge in [-0.05, 0) is 68.2 Å². The summed E-state index contributed by atoms with van der Waals surface area (Å²) >= 11 is 0. The highest BCUT2D eigenvalue weighted by Crippen LogP contribution is 2.42. The lowest BCUT2D eigenvalue weighted by Gasteiger charge is -2.54. The van der Waals surface area contributed by atoms with E-state index in [1.807, 2.05) is 36.4 Å². The lowest BCUT2D eigenvalue weighted by atomic mass is 9.72. The van der Waals surface area contributed by atoms with Gasteiger partial charge in [0.05, 0.1) is 25.1 Å². The number of nitrogens with zero attached hydrogens (tertiary/aromatic N) is 7. The van der Waals surface area contributed by atoms with Crippen LogP contribution in [0, 0.1) is 5.41 Å². The molecule has 0 bridgehead atoms. The summed E-state index contributed by atoms with van der Waals surface area (Å²) in [7, 11) is 4.25. The van der Waals surface area contributed by atoms with Gasteiger partial charge in [-0.1, -0.05) is 18.7 Å². The number of benzene rings is 1. The van der Waals surface area contributed by atoms with E-state index in [1.54, 1.807) is 0 Å². The van der Waals surface area contributed by atoms with Crippen LogP contribution in [-0.4, -0.2) is 89.1 Å². The Morgan fingerprint density at radius 1 is 0.952 bits per heavy atom. The first kappa shape index (κ1) is 27.1. The lowest BCUT2D eigenvalue weighted by Crippen LogP contribution is -2.60. The van der Waals surface area contributed by atoms with Crippen LogP contribution in [0.25, 0.3) is 27.6 Å². The molecule has 42 heavy (non-hydrogen) atoms. The van der Waals surface area contributed by atoms with Crippen LogP contribution in [0.5, 0.6) is 0 Å². The summed E-state index contributed by atoms with van der Waals surface area (Å²) in [6.45, 7) is 13.2. The highest BCUT2D eigenvalue weighted by atomic mass is 16.5. The zero-order valence-corrected chi connectivity index (χ0v) is 24.7. The Labute approximate surface area is 247 Å². The molecule has 3 saturated heterocycles. The summed E-state index contributed by atoms with van der Waals surface area (Å²) in [6, 6.07) is 12.8. The van der Waals surface area contributed by atoms with E-state index in [-0.39, 0.29) is 0 Å². The third-order valence-electron chi connectivity index (χ3n) is 9.37. The predicted molar refractivity (Wildman–Crippen MR) is 168 cm³/mol. The standard InChI is InChI=1S/C33H40N8O/c1-24(25-6-9-34-32(18-25)41-22-33(23-41)7-10-38(2)11-8-33)37-31-17-28-16-26(4-5-27(28)19-35-31)29-20-36-39(3)30(29)21-40-12-14-42-15-13-40/h4-6,9,16-20H,1,7-8,10-15,21-23H2,2-3H3,(H,35,37). The second-order valence-corrected chi connectivity index (χ2v) is 12.3. The number of pyridine rings is 2. The number of aromatic nitrogens is 4. The van der Waals surface area contributed by atoms with Gasteiger partial charge in [0.25, 0.3) is 0 Å². The average molecular weight is 565 g/mol. The first-order valence-corrected chi connectivity index (χ1v) is 15.0. The summed E-state index contributed by atoms with van der Waals surface area (Å²) in [4.78, 5) is 16.6. The number of hydrogen-bond donors (Lipinski definition) is 1. The topological polar surface area (TPSA) is 74.6 Å². The molecule has 7 rings (SSSR count). The number of rotatable bonds is 7. The zero-order chi connectivity index (χ0) is 28.7. The van der Waals surface area contributed by atoms with Crippen molar-refractivity contribution in [3.63, 3.8) is 0 Å². The molecule has 6 heterocycles. The minimum Gasteiger partial charge on any atom is -0.379 e. The number of hydrogen-bond acceptors (Lipinski definition) is 8. The summed E-state index contributed by atoms with van der Waals surface area (Å²) < 4.78 is 7.53. The number of piperidine rings is 1.